The summed E-state index contributed by atoms with van der Waals surface area (Å²) in [5, 5.41) is 19.1. The number of aromatic amines is 1. The second kappa shape index (κ2) is 10.6. The molecule has 154 valence electrons. The molecule has 3 aromatic rings. The van der Waals surface area contributed by atoms with Crippen LogP contribution in [0.1, 0.15) is 32.1 Å². The van der Waals surface area contributed by atoms with Crippen molar-refractivity contribution in [2.45, 2.75) is 32.1 Å². The molecule has 0 atom stereocenters. The van der Waals surface area contributed by atoms with E-state index in [1.54, 1.807) is 5.48 Å². The SMILES string of the molecule is O=C(CCCCCCN(CCO)c1ccc(-c2ccc3cc[nH]c3c2)cc1)NO. The van der Waals surface area contributed by atoms with Crippen molar-refractivity contribution in [1.29, 1.82) is 0 Å². The quantitative estimate of drug-likeness (QED) is 0.224. The molecule has 0 fully saturated rings. The zero-order valence-corrected chi connectivity index (χ0v) is 16.6. The fourth-order valence-electron chi connectivity index (χ4n) is 3.58. The molecule has 0 unspecified atom stereocenters. The molecule has 0 saturated carbocycles. The van der Waals surface area contributed by atoms with Gasteiger partial charge in [-0.1, -0.05) is 37.1 Å². The minimum Gasteiger partial charge on any atom is -0.395 e. The van der Waals surface area contributed by atoms with Gasteiger partial charge in [0.05, 0.1) is 6.61 Å². The summed E-state index contributed by atoms with van der Waals surface area (Å²) in [4.78, 5) is 16.5. The number of fused-ring (bicyclic) bond motifs is 1. The Morgan fingerprint density at radius 3 is 2.45 bits per heavy atom. The number of unbranched alkanes of at least 4 members (excludes halogenated alkanes) is 3. The molecule has 0 aliphatic heterocycles. The van der Waals surface area contributed by atoms with Crippen molar-refractivity contribution < 1.29 is 15.1 Å². The maximum atomic E-state index is 11.0. The maximum Gasteiger partial charge on any atom is 0.243 e. The number of amides is 1. The maximum absolute atomic E-state index is 11.0. The van der Waals surface area contributed by atoms with Gasteiger partial charge in [0.15, 0.2) is 0 Å². The van der Waals surface area contributed by atoms with Crippen molar-refractivity contribution >= 4 is 22.5 Å². The van der Waals surface area contributed by atoms with Gasteiger partial charge in [-0.3, -0.25) is 10.0 Å². The van der Waals surface area contributed by atoms with Crippen LogP contribution in [0.5, 0.6) is 0 Å². The summed E-state index contributed by atoms with van der Waals surface area (Å²) >= 11 is 0. The van der Waals surface area contributed by atoms with E-state index in [9.17, 15) is 9.90 Å². The second-order valence-electron chi connectivity index (χ2n) is 7.24. The van der Waals surface area contributed by atoms with Gasteiger partial charge in [-0.25, -0.2) is 5.48 Å². The first-order chi connectivity index (χ1) is 14.2. The highest BCUT2D eigenvalue weighted by molar-refractivity contribution is 5.85. The number of nitrogens with zero attached hydrogens (tertiary/aromatic N) is 1. The Balaban J connectivity index is 1.55. The van der Waals surface area contributed by atoms with Gasteiger partial charge in [0.1, 0.15) is 0 Å². The highest BCUT2D eigenvalue weighted by Gasteiger charge is 2.07. The van der Waals surface area contributed by atoms with Crippen LogP contribution in [-0.2, 0) is 4.79 Å². The Hall–Kier alpha value is -2.83. The van der Waals surface area contributed by atoms with Gasteiger partial charge in [0.2, 0.25) is 5.91 Å². The number of carbonyl (C=O) groups is 1. The average Bonchev–Trinajstić information content (AvgIpc) is 3.23. The Morgan fingerprint density at radius 1 is 0.931 bits per heavy atom. The standard InChI is InChI=1S/C23H29N3O3/c27-16-15-26(14-4-2-1-3-5-23(28)25-29)21-10-8-18(9-11-21)20-7-6-19-12-13-24-22(19)17-20/h6-13,17,24,27,29H,1-5,14-16H2,(H,25,28). The zero-order chi connectivity index (χ0) is 20.5. The van der Waals surface area contributed by atoms with Crippen molar-refractivity contribution in [1.82, 2.24) is 10.5 Å². The van der Waals surface area contributed by atoms with E-state index in [0.29, 0.717) is 13.0 Å². The van der Waals surface area contributed by atoms with Crippen LogP contribution in [0.25, 0.3) is 22.0 Å². The smallest absolute Gasteiger partial charge is 0.243 e. The van der Waals surface area contributed by atoms with Crippen molar-refractivity contribution in [3.8, 4) is 11.1 Å². The van der Waals surface area contributed by atoms with Gasteiger partial charge < -0.3 is 15.0 Å². The molecule has 4 N–H and O–H groups in total. The summed E-state index contributed by atoms with van der Waals surface area (Å²) in [5.41, 5.74) is 6.23. The molecule has 1 aromatic heterocycles. The molecule has 0 saturated heterocycles. The Morgan fingerprint density at radius 2 is 1.69 bits per heavy atom. The first kappa shape index (κ1) is 20.9. The molecular weight excluding hydrogens is 366 g/mol. The van der Waals surface area contributed by atoms with Gasteiger partial charge in [0.25, 0.3) is 0 Å². The molecule has 29 heavy (non-hydrogen) atoms. The van der Waals surface area contributed by atoms with Crippen LogP contribution in [-0.4, -0.2) is 40.9 Å². The molecule has 3 rings (SSSR count). The number of aliphatic hydroxyl groups excluding tert-OH is 1. The van der Waals surface area contributed by atoms with E-state index >= 15 is 0 Å². The molecule has 1 amide bonds. The van der Waals surface area contributed by atoms with E-state index in [-0.39, 0.29) is 12.5 Å². The van der Waals surface area contributed by atoms with E-state index in [4.69, 9.17) is 5.21 Å². The second-order valence-corrected chi connectivity index (χ2v) is 7.24. The molecule has 2 aromatic carbocycles. The highest BCUT2D eigenvalue weighted by atomic mass is 16.5. The lowest BCUT2D eigenvalue weighted by Gasteiger charge is -2.24. The molecule has 6 heteroatoms. The number of aromatic nitrogens is 1. The number of rotatable bonds is 11. The number of aliphatic hydroxyl groups is 1. The largest absolute Gasteiger partial charge is 0.395 e. The lowest BCUT2D eigenvalue weighted by molar-refractivity contribution is -0.129. The fraction of sp³-hybridized carbons (Fsp3) is 0.348. The summed E-state index contributed by atoms with van der Waals surface area (Å²) in [5.74, 6) is -0.331. The monoisotopic (exact) mass is 395 g/mol. The Labute approximate surface area is 171 Å². The minimum absolute atomic E-state index is 0.113. The minimum atomic E-state index is -0.331. The van der Waals surface area contributed by atoms with Gasteiger partial charge in [-0.05, 0) is 53.6 Å². The van der Waals surface area contributed by atoms with Crippen molar-refractivity contribution in [2.75, 3.05) is 24.6 Å². The summed E-state index contributed by atoms with van der Waals surface area (Å²) < 4.78 is 0. The molecule has 0 aliphatic rings. The predicted molar refractivity (Wildman–Crippen MR) is 116 cm³/mol. The first-order valence-corrected chi connectivity index (χ1v) is 10.2. The first-order valence-electron chi connectivity index (χ1n) is 10.2. The Bertz CT molecular complexity index is 905. The number of benzene rings is 2. The zero-order valence-electron chi connectivity index (χ0n) is 16.6. The molecule has 1 heterocycles. The van der Waals surface area contributed by atoms with E-state index in [1.165, 1.54) is 10.9 Å². The normalized spacial score (nSPS) is 11.0. The van der Waals surface area contributed by atoms with Crippen LogP contribution < -0.4 is 10.4 Å². The van der Waals surface area contributed by atoms with Crippen LogP contribution in [0.15, 0.2) is 54.7 Å². The van der Waals surface area contributed by atoms with Gasteiger partial charge in [-0.2, -0.15) is 0 Å². The summed E-state index contributed by atoms with van der Waals surface area (Å²) in [7, 11) is 0. The average molecular weight is 396 g/mol. The van der Waals surface area contributed by atoms with E-state index < -0.39 is 0 Å². The van der Waals surface area contributed by atoms with Crippen LogP contribution in [0, 0.1) is 0 Å². The third-order valence-corrected chi connectivity index (χ3v) is 5.20. The molecular formula is C23H29N3O3. The highest BCUT2D eigenvalue weighted by Crippen LogP contribution is 2.26. The number of hydrogen-bond donors (Lipinski definition) is 4. The van der Waals surface area contributed by atoms with Gasteiger partial charge in [-0.15, -0.1) is 0 Å². The molecule has 0 radical (unpaired) electrons. The number of hydrogen-bond acceptors (Lipinski definition) is 4. The molecule has 0 aliphatic carbocycles. The lowest BCUT2D eigenvalue weighted by atomic mass is 10.0. The lowest BCUT2D eigenvalue weighted by Crippen LogP contribution is -2.27. The number of anilines is 1. The van der Waals surface area contributed by atoms with Crippen LogP contribution in [0.3, 0.4) is 0 Å². The van der Waals surface area contributed by atoms with Crippen LogP contribution in [0.4, 0.5) is 5.69 Å². The van der Waals surface area contributed by atoms with E-state index in [0.717, 1.165) is 49.0 Å². The molecule has 6 nitrogen and oxygen atoms in total. The third kappa shape index (κ3) is 5.82. The number of H-pyrrole nitrogens is 1. The third-order valence-electron chi connectivity index (χ3n) is 5.20. The van der Waals surface area contributed by atoms with Gasteiger partial charge >= 0.3 is 0 Å². The van der Waals surface area contributed by atoms with E-state index in [1.807, 2.05) is 6.20 Å². The van der Waals surface area contributed by atoms with Crippen LogP contribution >= 0.6 is 0 Å². The predicted octanol–water partition coefficient (Wildman–Crippen LogP) is 4.09. The fourth-order valence-corrected chi connectivity index (χ4v) is 3.58. The van der Waals surface area contributed by atoms with Crippen molar-refractivity contribution in [2.24, 2.45) is 0 Å². The van der Waals surface area contributed by atoms with Gasteiger partial charge in [0, 0.05) is 36.9 Å². The summed E-state index contributed by atoms with van der Waals surface area (Å²) in [6.07, 6.45) is 6.02. The topological polar surface area (TPSA) is 88.6 Å². The molecule has 0 spiro atoms. The van der Waals surface area contributed by atoms with Crippen molar-refractivity contribution in [3.63, 3.8) is 0 Å². The summed E-state index contributed by atoms with van der Waals surface area (Å²) in [6, 6.07) is 16.9. The number of nitrogens with one attached hydrogen (secondary N) is 2. The van der Waals surface area contributed by atoms with E-state index in [2.05, 4.69) is 58.4 Å². The Kier molecular flexibility index (Phi) is 7.67. The summed E-state index contributed by atoms with van der Waals surface area (Å²) in [6.45, 7) is 1.57. The molecule has 0 bridgehead atoms. The number of hydroxylamine groups is 1. The van der Waals surface area contributed by atoms with Crippen molar-refractivity contribution in [3.05, 3.63) is 54.7 Å². The van der Waals surface area contributed by atoms with Crippen LogP contribution in [0.2, 0.25) is 0 Å². The number of carbonyl (C=O) groups excluding carboxylic acids is 1.